The summed E-state index contributed by atoms with van der Waals surface area (Å²) in [5.74, 6) is 2.36. The van der Waals surface area contributed by atoms with Gasteiger partial charge in [0.05, 0.1) is 28.3 Å². The summed E-state index contributed by atoms with van der Waals surface area (Å²) in [5.41, 5.74) is 6.24. The van der Waals surface area contributed by atoms with E-state index in [4.69, 9.17) is 9.72 Å². The highest BCUT2D eigenvalue weighted by atomic mass is 79.9. The van der Waals surface area contributed by atoms with Crippen LogP contribution in [0.25, 0.3) is 11.0 Å². The lowest BCUT2D eigenvalue weighted by molar-refractivity contribution is 0.287. The summed E-state index contributed by atoms with van der Waals surface area (Å²) in [6.07, 6.45) is 5.21. The molecule has 1 unspecified atom stereocenters. The molecule has 186 valence electrons. The molecule has 2 aromatic heterocycles. The van der Waals surface area contributed by atoms with Crippen LogP contribution >= 0.6 is 23.9 Å². The first-order chi connectivity index (χ1) is 17.3. The smallest absolute Gasteiger partial charge is 0.229 e. The van der Waals surface area contributed by atoms with E-state index in [1.165, 1.54) is 11.1 Å². The zero-order valence-electron chi connectivity index (χ0n) is 21.0. The van der Waals surface area contributed by atoms with Crippen LogP contribution in [0.3, 0.4) is 0 Å². The van der Waals surface area contributed by atoms with Crippen molar-refractivity contribution in [1.82, 2.24) is 24.8 Å². The van der Waals surface area contributed by atoms with Gasteiger partial charge in [-0.3, -0.25) is 9.97 Å². The SMILES string of the molecule is COc1cc2c(cc1Nc1ncc(Br)c(Nc3ccc4nccnc4c3P(C)C)n1)C(C)CN(C)C2. The summed E-state index contributed by atoms with van der Waals surface area (Å²) in [6, 6.07) is 8.32. The molecule has 0 bridgehead atoms. The van der Waals surface area contributed by atoms with E-state index >= 15 is 0 Å². The lowest BCUT2D eigenvalue weighted by Gasteiger charge is -2.31. The van der Waals surface area contributed by atoms with Crippen molar-refractivity contribution in [2.45, 2.75) is 19.4 Å². The Kier molecular flexibility index (Phi) is 7.06. The minimum absolute atomic E-state index is 0.431. The maximum atomic E-state index is 5.71. The van der Waals surface area contributed by atoms with Crippen LogP contribution in [-0.4, -0.2) is 58.9 Å². The summed E-state index contributed by atoms with van der Waals surface area (Å²) in [6.45, 7) is 8.62. The molecule has 0 aliphatic carbocycles. The van der Waals surface area contributed by atoms with Crippen molar-refractivity contribution in [2.24, 2.45) is 0 Å². The summed E-state index contributed by atoms with van der Waals surface area (Å²) in [5, 5.41) is 8.05. The molecule has 2 N–H and O–H groups in total. The Labute approximate surface area is 220 Å². The number of fused-ring (bicyclic) bond motifs is 2. The molecule has 5 rings (SSSR count). The first kappa shape index (κ1) is 24.8. The van der Waals surface area contributed by atoms with Crippen molar-refractivity contribution in [3.63, 3.8) is 0 Å². The predicted molar refractivity (Wildman–Crippen MR) is 152 cm³/mol. The molecule has 0 fully saturated rings. The van der Waals surface area contributed by atoms with Gasteiger partial charge in [-0.1, -0.05) is 14.8 Å². The number of aromatic nitrogens is 4. The monoisotopic (exact) mass is 565 g/mol. The largest absolute Gasteiger partial charge is 0.495 e. The molecule has 3 heterocycles. The number of nitrogens with one attached hydrogen (secondary N) is 2. The highest BCUT2D eigenvalue weighted by molar-refractivity contribution is 9.10. The Balaban J connectivity index is 1.49. The van der Waals surface area contributed by atoms with Gasteiger partial charge in [0.1, 0.15) is 11.6 Å². The molecule has 36 heavy (non-hydrogen) atoms. The van der Waals surface area contributed by atoms with Gasteiger partial charge in [-0.25, -0.2) is 4.98 Å². The third-order valence-corrected chi connectivity index (χ3v) is 8.25. The fourth-order valence-electron chi connectivity index (χ4n) is 4.76. The number of ether oxygens (including phenoxy) is 1. The quantitative estimate of drug-likeness (QED) is 0.292. The molecular formula is C26H29BrN7OP. The molecule has 1 atom stereocenters. The van der Waals surface area contributed by atoms with Crippen molar-refractivity contribution in [2.75, 3.05) is 44.7 Å². The number of halogens is 1. The maximum Gasteiger partial charge on any atom is 0.229 e. The average Bonchev–Trinajstić information content (AvgIpc) is 2.85. The van der Waals surface area contributed by atoms with Crippen molar-refractivity contribution < 1.29 is 4.74 Å². The molecule has 10 heteroatoms. The fourth-order valence-corrected chi connectivity index (χ4v) is 6.26. The summed E-state index contributed by atoms with van der Waals surface area (Å²) < 4.78 is 6.48. The van der Waals surface area contributed by atoms with Gasteiger partial charge in [-0.05, 0) is 77.6 Å². The second-order valence-corrected chi connectivity index (χ2v) is 12.4. The van der Waals surface area contributed by atoms with Gasteiger partial charge in [0.15, 0.2) is 0 Å². The number of hydrogen-bond acceptors (Lipinski definition) is 8. The maximum absolute atomic E-state index is 5.71. The Bertz CT molecular complexity index is 1430. The Hall–Kier alpha value is -2.87. The highest BCUT2D eigenvalue weighted by Gasteiger charge is 2.23. The molecule has 0 saturated heterocycles. The molecule has 0 saturated carbocycles. The van der Waals surface area contributed by atoms with Crippen LogP contribution in [0.15, 0.2) is 47.3 Å². The highest BCUT2D eigenvalue weighted by Crippen LogP contribution is 2.38. The van der Waals surface area contributed by atoms with Crippen LogP contribution in [0.5, 0.6) is 5.75 Å². The number of hydrogen-bond donors (Lipinski definition) is 2. The second-order valence-electron chi connectivity index (χ2n) is 9.27. The van der Waals surface area contributed by atoms with Crippen LogP contribution in [0.2, 0.25) is 0 Å². The van der Waals surface area contributed by atoms with Crippen molar-refractivity contribution in [1.29, 1.82) is 0 Å². The van der Waals surface area contributed by atoms with Crippen molar-refractivity contribution in [3.8, 4) is 5.75 Å². The summed E-state index contributed by atoms with van der Waals surface area (Å²) in [4.78, 5) is 20.7. The van der Waals surface area contributed by atoms with Gasteiger partial charge in [0, 0.05) is 42.7 Å². The van der Waals surface area contributed by atoms with Crippen molar-refractivity contribution >= 4 is 63.3 Å². The summed E-state index contributed by atoms with van der Waals surface area (Å²) in [7, 11) is 3.39. The third-order valence-electron chi connectivity index (χ3n) is 6.32. The molecule has 1 aliphatic rings. The number of rotatable bonds is 6. The Morgan fingerprint density at radius 2 is 1.89 bits per heavy atom. The zero-order chi connectivity index (χ0) is 25.4. The van der Waals surface area contributed by atoms with Crippen LogP contribution < -0.4 is 20.7 Å². The van der Waals surface area contributed by atoms with E-state index in [2.05, 4.69) is 85.8 Å². The Morgan fingerprint density at radius 1 is 1.08 bits per heavy atom. The lowest BCUT2D eigenvalue weighted by atomic mass is 9.90. The number of anilines is 4. The molecule has 0 spiro atoms. The number of nitrogens with zero attached hydrogens (tertiary/aromatic N) is 5. The van der Waals surface area contributed by atoms with Gasteiger partial charge < -0.3 is 20.3 Å². The second kappa shape index (κ2) is 10.2. The third kappa shape index (κ3) is 4.88. The minimum atomic E-state index is -0.448. The summed E-state index contributed by atoms with van der Waals surface area (Å²) >= 11 is 3.61. The van der Waals surface area contributed by atoms with Crippen LogP contribution in [0.4, 0.5) is 23.1 Å². The van der Waals surface area contributed by atoms with E-state index in [0.29, 0.717) is 17.7 Å². The van der Waals surface area contributed by atoms with E-state index in [9.17, 15) is 0 Å². The molecule has 4 aromatic rings. The van der Waals surface area contributed by atoms with Crippen LogP contribution in [0.1, 0.15) is 24.0 Å². The topological polar surface area (TPSA) is 88.1 Å². The molecule has 0 radical (unpaired) electrons. The van der Waals surface area contributed by atoms with Gasteiger partial charge >= 0.3 is 0 Å². The standard InChI is InChI=1S/C26H29BrN7OP/c1-15-13-34(2)14-16-10-22(35-3)21(11-17(15)16)32-26-30-12-18(27)25(33-26)31-20-7-6-19-23(24(20)36(4)5)29-9-8-28-19/h6-12,15H,13-14H2,1-5H3,(H2,30,31,32,33). The number of likely N-dealkylation sites (N-methyl/N-ethyl adjacent to an activating group) is 1. The van der Waals surface area contributed by atoms with E-state index in [1.807, 2.05) is 12.1 Å². The van der Waals surface area contributed by atoms with Crippen LogP contribution in [0, 0.1) is 0 Å². The first-order valence-corrected chi connectivity index (χ1v) is 14.7. The zero-order valence-corrected chi connectivity index (χ0v) is 23.5. The molecule has 1 aliphatic heterocycles. The Morgan fingerprint density at radius 3 is 2.67 bits per heavy atom. The number of methoxy groups -OCH3 is 1. The fraction of sp³-hybridized carbons (Fsp3) is 0.308. The minimum Gasteiger partial charge on any atom is -0.495 e. The van der Waals surface area contributed by atoms with Crippen molar-refractivity contribution in [3.05, 3.63) is 58.5 Å². The lowest BCUT2D eigenvalue weighted by Crippen LogP contribution is -2.29. The number of benzene rings is 2. The molecular weight excluding hydrogens is 537 g/mol. The normalized spacial score (nSPS) is 15.7. The molecule has 8 nitrogen and oxygen atoms in total. The predicted octanol–water partition coefficient (Wildman–Crippen LogP) is 5.59. The van der Waals surface area contributed by atoms with Gasteiger partial charge in [0.2, 0.25) is 5.95 Å². The van der Waals surface area contributed by atoms with E-state index in [1.54, 1.807) is 25.7 Å². The molecule has 0 amide bonds. The van der Waals surface area contributed by atoms with Gasteiger partial charge in [0.25, 0.3) is 0 Å². The van der Waals surface area contributed by atoms with Gasteiger partial charge in [-0.15, -0.1) is 0 Å². The van der Waals surface area contributed by atoms with Gasteiger partial charge in [-0.2, -0.15) is 4.98 Å². The average molecular weight is 566 g/mol. The molecule has 2 aromatic carbocycles. The van der Waals surface area contributed by atoms with E-state index in [0.717, 1.165) is 51.0 Å². The van der Waals surface area contributed by atoms with E-state index in [-0.39, 0.29) is 0 Å². The first-order valence-electron chi connectivity index (χ1n) is 11.7. The van der Waals surface area contributed by atoms with E-state index < -0.39 is 7.92 Å². The van der Waals surface area contributed by atoms with Crippen LogP contribution in [-0.2, 0) is 6.54 Å².